The van der Waals surface area contributed by atoms with Gasteiger partial charge in [-0.25, -0.2) is 23.2 Å². The molecule has 0 N–H and O–H groups in total. The number of nitrogens with zero attached hydrogens (tertiary/aromatic N) is 3. The summed E-state index contributed by atoms with van der Waals surface area (Å²) in [5.41, 5.74) is 0.725. The zero-order chi connectivity index (χ0) is 20.2. The number of ether oxygens (including phenoxy) is 2. The Labute approximate surface area is 163 Å². The predicted octanol–water partition coefficient (Wildman–Crippen LogP) is 3.43. The topological polar surface area (TPSA) is 98.7 Å². The minimum absolute atomic E-state index is 0.00774. The number of sulfonamides is 1. The fraction of sp³-hybridized carbons (Fsp3) is 0.353. The second-order valence-electron chi connectivity index (χ2n) is 6.07. The monoisotopic (exact) mass is 413 g/mol. The molecule has 10 heteroatoms. The molecule has 0 bridgehead atoms. The number of aryl methyl sites for hydroxylation is 1. The molecule has 0 saturated heterocycles. The van der Waals surface area contributed by atoms with Gasteiger partial charge in [-0.3, -0.25) is 0 Å². The number of amides is 1. The molecule has 0 aliphatic carbocycles. The van der Waals surface area contributed by atoms with Gasteiger partial charge in [0.1, 0.15) is 10.0 Å². The van der Waals surface area contributed by atoms with Gasteiger partial charge in [-0.15, -0.1) is 4.31 Å². The van der Waals surface area contributed by atoms with Crippen molar-refractivity contribution in [2.24, 2.45) is 5.92 Å². The van der Waals surface area contributed by atoms with E-state index < -0.39 is 16.1 Å². The van der Waals surface area contributed by atoms with Crippen LogP contribution in [0.2, 0.25) is 5.15 Å². The van der Waals surface area contributed by atoms with Crippen LogP contribution in [0.15, 0.2) is 35.5 Å². The lowest BCUT2D eigenvalue weighted by Gasteiger charge is -2.23. The molecule has 0 atom stereocenters. The summed E-state index contributed by atoms with van der Waals surface area (Å²) >= 11 is 5.95. The molecule has 0 saturated carbocycles. The van der Waals surface area contributed by atoms with E-state index in [1.165, 1.54) is 31.6 Å². The first kappa shape index (κ1) is 20.9. The zero-order valence-corrected chi connectivity index (χ0v) is 16.9. The maximum absolute atomic E-state index is 13.2. The minimum atomic E-state index is -4.46. The molecule has 2 rings (SSSR count). The number of hydrogen-bond donors (Lipinski definition) is 0. The maximum Gasteiger partial charge on any atom is 0.430 e. The summed E-state index contributed by atoms with van der Waals surface area (Å²) in [4.78, 5) is 20.2. The van der Waals surface area contributed by atoms with Crippen molar-refractivity contribution in [3.8, 4) is 5.75 Å². The lowest BCUT2D eigenvalue weighted by Crippen LogP contribution is -2.39. The molecule has 2 aromatic heterocycles. The third-order valence-electron chi connectivity index (χ3n) is 3.33. The molecule has 0 unspecified atom stereocenters. The second kappa shape index (κ2) is 8.53. The SMILES string of the molecule is COc1cc(C)cnc1N(C(=O)OCC(C)C)S(=O)(=O)c1cccnc1Cl. The predicted molar refractivity (Wildman–Crippen MR) is 101 cm³/mol. The summed E-state index contributed by atoms with van der Waals surface area (Å²) in [7, 11) is -3.11. The standard InChI is InChI=1S/C17H20ClN3O5S/c1-11(2)10-26-17(22)21(16-13(25-4)8-12(3)9-20-16)27(23,24)14-6-5-7-19-15(14)18/h5-9,11H,10H2,1-4H3. The van der Waals surface area contributed by atoms with E-state index in [1.807, 2.05) is 13.8 Å². The Bertz CT molecular complexity index is 934. The van der Waals surface area contributed by atoms with Crippen molar-refractivity contribution in [3.05, 3.63) is 41.3 Å². The van der Waals surface area contributed by atoms with Gasteiger partial charge in [0.25, 0.3) is 10.0 Å². The van der Waals surface area contributed by atoms with Crippen molar-refractivity contribution < 1.29 is 22.7 Å². The highest BCUT2D eigenvalue weighted by atomic mass is 35.5. The number of hydrogen-bond acceptors (Lipinski definition) is 7. The smallest absolute Gasteiger partial charge is 0.430 e. The summed E-state index contributed by atoms with van der Waals surface area (Å²) in [5.74, 6) is -0.120. The number of pyridine rings is 2. The molecule has 1 amide bonds. The van der Waals surface area contributed by atoms with Gasteiger partial charge in [-0.2, -0.15) is 0 Å². The quantitative estimate of drug-likeness (QED) is 0.669. The fourth-order valence-corrected chi connectivity index (χ4v) is 3.83. The van der Waals surface area contributed by atoms with E-state index in [2.05, 4.69) is 9.97 Å². The van der Waals surface area contributed by atoms with E-state index >= 15 is 0 Å². The average Bonchev–Trinajstić information content (AvgIpc) is 2.61. The van der Waals surface area contributed by atoms with Crippen LogP contribution in [0, 0.1) is 12.8 Å². The fourth-order valence-electron chi connectivity index (χ4n) is 2.09. The van der Waals surface area contributed by atoms with Crippen LogP contribution in [0.5, 0.6) is 5.75 Å². The van der Waals surface area contributed by atoms with E-state index in [0.29, 0.717) is 4.31 Å². The zero-order valence-electron chi connectivity index (χ0n) is 15.3. The van der Waals surface area contributed by atoms with Crippen LogP contribution >= 0.6 is 11.6 Å². The van der Waals surface area contributed by atoms with Crippen molar-refractivity contribution in [2.45, 2.75) is 25.7 Å². The normalized spacial score (nSPS) is 11.3. The molecule has 0 aliphatic rings. The molecule has 0 radical (unpaired) electrons. The van der Waals surface area contributed by atoms with Crippen molar-refractivity contribution >= 4 is 33.5 Å². The summed E-state index contributed by atoms with van der Waals surface area (Å²) in [5, 5.41) is -0.273. The Morgan fingerprint density at radius 3 is 2.63 bits per heavy atom. The van der Waals surface area contributed by atoms with Crippen molar-refractivity contribution in [1.29, 1.82) is 0 Å². The van der Waals surface area contributed by atoms with Gasteiger partial charge in [0.2, 0.25) is 0 Å². The summed E-state index contributed by atoms with van der Waals surface area (Å²) in [6, 6.07) is 4.20. The highest BCUT2D eigenvalue weighted by Gasteiger charge is 2.37. The van der Waals surface area contributed by atoms with E-state index in [-0.39, 0.29) is 34.1 Å². The van der Waals surface area contributed by atoms with E-state index in [9.17, 15) is 13.2 Å². The van der Waals surface area contributed by atoms with E-state index in [1.54, 1.807) is 13.0 Å². The number of rotatable bonds is 6. The maximum atomic E-state index is 13.2. The van der Waals surface area contributed by atoms with Gasteiger partial charge in [0, 0.05) is 12.4 Å². The van der Waals surface area contributed by atoms with Crippen LogP contribution in [0.4, 0.5) is 10.6 Å². The molecule has 0 aliphatic heterocycles. The lowest BCUT2D eigenvalue weighted by atomic mass is 10.2. The minimum Gasteiger partial charge on any atom is -0.493 e. The summed E-state index contributed by atoms with van der Waals surface area (Å²) in [6.07, 6.45) is 1.65. The van der Waals surface area contributed by atoms with Gasteiger partial charge >= 0.3 is 6.09 Å². The van der Waals surface area contributed by atoms with Crippen LogP contribution in [0.3, 0.4) is 0 Å². The molecule has 8 nitrogen and oxygen atoms in total. The van der Waals surface area contributed by atoms with Crippen molar-refractivity contribution in [1.82, 2.24) is 9.97 Å². The van der Waals surface area contributed by atoms with Gasteiger partial charge < -0.3 is 9.47 Å². The van der Waals surface area contributed by atoms with Crippen molar-refractivity contribution in [2.75, 3.05) is 18.0 Å². The molecule has 2 heterocycles. The van der Waals surface area contributed by atoms with Crippen LogP contribution in [0.25, 0.3) is 0 Å². The van der Waals surface area contributed by atoms with Gasteiger partial charge in [-0.1, -0.05) is 25.4 Å². The Morgan fingerprint density at radius 2 is 2.04 bits per heavy atom. The third-order valence-corrected chi connectivity index (χ3v) is 5.43. The molecule has 146 valence electrons. The first-order valence-electron chi connectivity index (χ1n) is 8.01. The molecular weight excluding hydrogens is 394 g/mol. The second-order valence-corrected chi connectivity index (χ2v) is 8.18. The van der Waals surface area contributed by atoms with Gasteiger partial charge in [-0.05, 0) is 36.6 Å². The largest absolute Gasteiger partial charge is 0.493 e. The lowest BCUT2D eigenvalue weighted by molar-refractivity contribution is 0.143. The van der Waals surface area contributed by atoms with Crippen LogP contribution in [-0.2, 0) is 14.8 Å². The first-order chi connectivity index (χ1) is 12.7. The molecule has 27 heavy (non-hydrogen) atoms. The highest BCUT2D eigenvalue weighted by Crippen LogP contribution is 2.33. The number of methoxy groups -OCH3 is 1. The van der Waals surface area contributed by atoms with Crippen LogP contribution < -0.4 is 9.04 Å². The van der Waals surface area contributed by atoms with Gasteiger partial charge in [0.15, 0.2) is 11.6 Å². The Hall–Kier alpha value is -2.39. The number of carbonyl (C=O) groups excluding carboxylic acids is 1. The molecule has 2 aromatic rings. The first-order valence-corrected chi connectivity index (χ1v) is 9.83. The number of anilines is 1. The van der Waals surface area contributed by atoms with E-state index in [0.717, 1.165) is 5.56 Å². The summed E-state index contributed by atoms with van der Waals surface area (Å²) in [6.45, 7) is 5.44. The number of carbonyl (C=O) groups is 1. The molecular formula is C17H20ClN3O5S. The molecule has 0 aromatic carbocycles. The van der Waals surface area contributed by atoms with Crippen LogP contribution in [0.1, 0.15) is 19.4 Å². The van der Waals surface area contributed by atoms with Crippen molar-refractivity contribution in [3.63, 3.8) is 0 Å². The highest BCUT2D eigenvalue weighted by molar-refractivity contribution is 7.93. The Morgan fingerprint density at radius 1 is 1.33 bits per heavy atom. The summed E-state index contributed by atoms with van der Waals surface area (Å²) < 4.78 is 37.2. The average molecular weight is 414 g/mol. The third kappa shape index (κ3) is 4.67. The Kier molecular flexibility index (Phi) is 6.61. The number of halogens is 1. The molecule has 0 spiro atoms. The van der Waals surface area contributed by atoms with Gasteiger partial charge in [0.05, 0.1) is 13.7 Å². The van der Waals surface area contributed by atoms with Crippen LogP contribution in [-0.4, -0.2) is 38.2 Å². The molecule has 0 fully saturated rings. The van der Waals surface area contributed by atoms with E-state index in [4.69, 9.17) is 21.1 Å². The number of aromatic nitrogens is 2. The Balaban J connectivity index is 2.64.